The fourth-order valence-electron chi connectivity index (χ4n) is 3.96. The average Bonchev–Trinajstić information content (AvgIpc) is 2.83. The van der Waals surface area contributed by atoms with Gasteiger partial charge in [-0.05, 0) is 42.2 Å². The number of nitrogens with zero attached hydrogens (tertiary/aromatic N) is 2. The van der Waals surface area contributed by atoms with Crippen molar-refractivity contribution in [3.05, 3.63) is 60.2 Å². The van der Waals surface area contributed by atoms with Crippen molar-refractivity contribution in [3.63, 3.8) is 0 Å². The van der Waals surface area contributed by atoms with Crippen molar-refractivity contribution in [1.29, 1.82) is 0 Å². The number of hydrogen-bond acceptors (Lipinski definition) is 7. The first kappa shape index (κ1) is 30.2. The maximum Gasteiger partial charge on any atom is 0.243 e. The van der Waals surface area contributed by atoms with Gasteiger partial charge in [0.2, 0.25) is 15.9 Å². The lowest BCUT2D eigenvalue weighted by atomic mass is 9.99. The Hall–Kier alpha value is -2.99. The lowest BCUT2D eigenvalue weighted by Crippen LogP contribution is -2.56. The number of anilines is 1. The molecule has 0 aliphatic rings. The van der Waals surface area contributed by atoms with Crippen LogP contribution in [0.25, 0.3) is 0 Å². The van der Waals surface area contributed by atoms with E-state index in [-0.39, 0.29) is 49.4 Å². The Morgan fingerprint density at radius 1 is 1.05 bits per heavy atom. The van der Waals surface area contributed by atoms with Crippen molar-refractivity contribution in [2.45, 2.75) is 44.2 Å². The molecule has 2 aromatic carbocycles. The third kappa shape index (κ3) is 9.12. The van der Waals surface area contributed by atoms with Crippen molar-refractivity contribution >= 4 is 27.7 Å². The zero-order valence-corrected chi connectivity index (χ0v) is 22.5. The van der Waals surface area contributed by atoms with Crippen molar-refractivity contribution < 1.29 is 33.0 Å². The Bertz CT molecular complexity index is 1110. The number of aliphatic hydroxyl groups is 1. The van der Waals surface area contributed by atoms with Gasteiger partial charge in [0.15, 0.2) is 0 Å². The molecule has 0 aliphatic carbocycles. The predicted octanol–water partition coefficient (Wildman–Crippen LogP) is 1.56. The monoisotopic (exact) mass is 534 g/mol. The Morgan fingerprint density at radius 2 is 1.68 bits per heavy atom. The molecule has 2 rings (SSSR count). The zero-order valence-electron chi connectivity index (χ0n) is 21.7. The van der Waals surface area contributed by atoms with E-state index < -0.39 is 28.3 Å². The molecule has 11 heteroatoms. The summed E-state index contributed by atoms with van der Waals surface area (Å²) in [5, 5.41) is 25.9. The fourth-order valence-corrected chi connectivity index (χ4v) is 5.58. The number of carbonyl (C=O) groups excluding carboxylic acids is 2. The molecular weight excluding hydrogens is 498 g/mol. The van der Waals surface area contributed by atoms with Crippen LogP contribution in [0.2, 0.25) is 0 Å². The molecule has 2 atom stereocenters. The molecule has 0 saturated heterocycles. The van der Waals surface area contributed by atoms with Crippen molar-refractivity contribution in [2.75, 3.05) is 38.7 Å². The Kier molecular flexibility index (Phi) is 11.5. The lowest BCUT2D eigenvalue weighted by Gasteiger charge is -2.38. The van der Waals surface area contributed by atoms with E-state index in [1.165, 1.54) is 38.3 Å². The number of ether oxygens (including phenoxy) is 1. The summed E-state index contributed by atoms with van der Waals surface area (Å²) < 4.78 is 33.3. The Balaban J connectivity index is 2.39. The molecule has 37 heavy (non-hydrogen) atoms. The highest BCUT2D eigenvalue weighted by molar-refractivity contribution is 7.89. The van der Waals surface area contributed by atoms with Crippen molar-refractivity contribution in [3.8, 4) is 0 Å². The summed E-state index contributed by atoms with van der Waals surface area (Å²) in [6.45, 7) is 4.86. The number of nitrogens with one attached hydrogen (secondary N) is 1. The number of benzene rings is 2. The number of hydrogen-bond donors (Lipinski definition) is 2. The topological polar surface area (TPSA) is 139 Å². The second-order valence-electron chi connectivity index (χ2n) is 9.20. The smallest absolute Gasteiger partial charge is 0.243 e. The molecule has 0 aromatic heterocycles. The van der Waals surface area contributed by atoms with Gasteiger partial charge in [0.05, 0.1) is 23.6 Å². The second-order valence-corrected chi connectivity index (χ2v) is 11.1. The minimum absolute atomic E-state index is 0.00907. The van der Waals surface area contributed by atoms with E-state index in [0.717, 1.165) is 14.8 Å². The Labute approximate surface area is 218 Å². The number of methoxy groups -OCH3 is 1. The van der Waals surface area contributed by atoms with Gasteiger partial charge in [-0.15, -0.1) is 0 Å². The molecular formula is C26H36N3O7S-. The molecule has 204 valence electrons. The van der Waals surface area contributed by atoms with Gasteiger partial charge in [-0.2, -0.15) is 4.31 Å². The largest absolute Gasteiger partial charge is 0.530 e. The summed E-state index contributed by atoms with van der Waals surface area (Å²) in [6, 6.07) is 13.8. The van der Waals surface area contributed by atoms with Crippen LogP contribution in [0, 0.1) is 5.92 Å². The summed E-state index contributed by atoms with van der Waals surface area (Å²) in [5.74, 6) is -0.352. The van der Waals surface area contributed by atoms with Crippen molar-refractivity contribution in [2.24, 2.45) is 5.92 Å². The first-order chi connectivity index (χ1) is 17.4. The van der Waals surface area contributed by atoms with Gasteiger partial charge in [0.1, 0.15) is 6.09 Å². The number of carbonyl (C=O) groups is 2. The molecule has 2 amide bonds. The molecule has 0 spiro atoms. The van der Waals surface area contributed by atoms with E-state index in [1.807, 2.05) is 32.0 Å². The summed E-state index contributed by atoms with van der Waals surface area (Å²) in [7, 11) is -2.62. The van der Waals surface area contributed by atoms with Gasteiger partial charge < -0.3 is 30.0 Å². The predicted molar refractivity (Wildman–Crippen MR) is 138 cm³/mol. The van der Waals surface area contributed by atoms with Crippen LogP contribution in [-0.4, -0.2) is 80.2 Å². The number of rotatable bonds is 14. The van der Waals surface area contributed by atoms with Crippen LogP contribution in [0.15, 0.2) is 59.5 Å². The van der Waals surface area contributed by atoms with E-state index >= 15 is 0 Å². The standard InChI is InChI=1S/C26H37N3O7S/c1-19(2)17-28(37(34,35)23-12-10-22(11-13-23)27-20(3)30)18-25(31)24(16-21-8-6-5-7-9-21)29(26(32)33)14-15-36-4/h5-13,19,24-25,31H,14-18H2,1-4H3,(H,27,30)(H,32,33)/p-1/t24-,25+/m0/s1. The van der Waals surface area contributed by atoms with E-state index in [1.54, 1.807) is 12.1 Å². The highest BCUT2D eigenvalue weighted by atomic mass is 32.2. The van der Waals surface area contributed by atoms with Gasteiger partial charge in [-0.3, -0.25) is 4.79 Å². The molecule has 0 saturated carbocycles. The minimum atomic E-state index is -4.05. The first-order valence-electron chi connectivity index (χ1n) is 12.0. The molecule has 0 unspecified atom stereocenters. The van der Waals surface area contributed by atoms with E-state index in [9.17, 15) is 28.2 Å². The maximum atomic E-state index is 13.6. The van der Waals surface area contributed by atoms with Crippen LogP contribution >= 0.6 is 0 Å². The van der Waals surface area contributed by atoms with Gasteiger partial charge in [0.25, 0.3) is 0 Å². The van der Waals surface area contributed by atoms with E-state index in [4.69, 9.17) is 4.74 Å². The summed E-state index contributed by atoms with van der Waals surface area (Å²) in [4.78, 5) is 24.3. The Morgan fingerprint density at radius 3 is 2.19 bits per heavy atom. The molecule has 0 heterocycles. The molecule has 10 nitrogen and oxygen atoms in total. The SMILES string of the molecule is COCCN(C(=O)[O-])[C@@H](Cc1ccccc1)[C@H](O)CN(CC(C)C)S(=O)(=O)c1ccc(NC(C)=O)cc1. The minimum Gasteiger partial charge on any atom is -0.530 e. The number of carboxylic acid groups (broad SMARTS) is 1. The van der Waals surface area contributed by atoms with E-state index in [0.29, 0.717) is 5.69 Å². The number of amides is 2. The van der Waals surface area contributed by atoms with Crippen LogP contribution in [0.5, 0.6) is 0 Å². The fraction of sp³-hybridized carbons (Fsp3) is 0.462. The molecule has 2 aromatic rings. The zero-order chi connectivity index (χ0) is 27.6. The normalized spacial score (nSPS) is 13.4. The third-order valence-corrected chi connectivity index (χ3v) is 7.52. The summed E-state index contributed by atoms with van der Waals surface area (Å²) in [6.07, 6.45) is -2.69. The molecule has 0 aliphatic heterocycles. The summed E-state index contributed by atoms with van der Waals surface area (Å²) >= 11 is 0. The van der Waals surface area contributed by atoms with Crippen LogP contribution in [-0.2, 0) is 26.0 Å². The lowest BCUT2D eigenvalue weighted by molar-refractivity contribution is -0.270. The summed E-state index contributed by atoms with van der Waals surface area (Å²) in [5.41, 5.74) is 1.23. The molecule has 0 bridgehead atoms. The highest BCUT2D eigenvalue weighted by Gasteiger charge is 2.33. The van der Waals surface area contributed by atoms with Crippen molar-refractivity contribution in [1.82, 2.24) is 9.21 Å². The first-order valence-corrected chi connectivity index (χ1v) is 13.5. The quantitative estimate of drug-likeness (QED) is 0.375. The second kappa shape index (κ2) is 14.1. The average molecular weight is 535 g/mol. The van der Waals surface area contributed by atoms with Gasteiger partial charge in [-0.25, -0.2) is 8.42 Å². The van der Waals surface area contributed by atoms with Crippen LogP contribution in [0.4, 0.5) is 10.5 Å². The molecule has 0 fully saturated rings. The third-order valence-electron chi connectivity index (χ3n) is 5.67. The number of aliphatic hydroxyl groups excluding tert-OH is 1. The van der Waals surface area contributed by atoms with Crippen LogP contribution in [0.1, 0.15) is 26.3 Å². The van der Waals surface area contributed by atoms with Gasteiger partial charge in [0, 0.05) is 39.4 Å². The van der Waals surface area contributed by atoms with Crippen LogP contribution < -0.4 is 10.4 Å². The highest BCUT2D eigenvalue weighted by Crippen LogP contribution is 2.22. The molecule has 2 N–H and O–H groups in total. The number of sulfonamides is 1. The van der Waals surface area contributed by atoms with Crippen LogP contribution in [0.3, 0.4) is 0 Å². The van der Waals surface area contributed by atoms with E-state index in [2.05, 4.69) is 5.32 Å². The molecule has 0 radical (unpaired) electrons. The van der Waals surface area contributed by atoms with Gasteiger partial charge >= 0.3 is 0 Å². The van der Waals surface area contributed by atoms with Gasteiger partial charge in [-0.1, -0.05) is 44.2 Å². The maximum absolute atomic E-state index is 13.6.